The van der Waals surface area contributed by atoms with Crippen LogP contribution in [0.5, 0.6) is 0 Å². The summed E-state index contributed by atoms with van der Waals surface area (Å²) >= 11 is 1.35. The number of β-amino-alcohol motifs (C(OH)–C–C–N with tert-alkyl or cyclic N) is 1. The number of hydrogen-bond donors (Lipinski definition) is 2. The van der Waals surface area contributed by atoms with Crippen LogP contribution in [-0.4, -0.2) is 57.7 Å². The molecule has 1 fully saturated rings. The van der Waals surface area contributed by atoms with E-state index in [1.54, 1.807) is 6.26 Å². The lowest BCUT2D eigenvalue weighted by Crippen LogP contribution is -2.41. The average Bonchev–Trinajstić information content (AvgIpc) is 2.48. The molecule has 1 aliphatic heterocycles. The van der Waals surface area contributed by atoms with Gasteiger partial charge in [-0.25, -0.2) is 4.79 Å². The minimum Gasteiger partial charge on any atom is -0.480 e. The molecule has 6 heteroatoms. The highest BCUT2D eigenvalue weighted by Gasteiger charge is 2.38. The second kappa shape index (κ2) is 4.65. The number of aliphatic hydroxyl groups is 1. The summed E-state index contributed by atoms with van der Waals surface area (Å²) in [4.78, 5) is 23.4. The smallest absolute Gasteiger partial charge is 0.326 e. The van der Waals surface area contributed by atoms with Gasteiger partial charge in [0, 0.05) is 13.0 Å². The molecule has 1 rings (SSSR count). The van der Waals surface area contributed by atoms with Gasteiger partial charge in [0.2, 0.25) is 5.91 Å². The van der Waals surface area contributed by atoms with Crippen molar-refractivity contribution in [2.75, 3.05) is 18.6 Å². The van der Waals surface area contributed by atoms with Gasteiger partial charge in [-0.1, -0.05) is 0 Å². The van der Waals surface area contributed by atoms with Gasteiger partial charge in [0.05, 0.1) is 11.9 Å². The summed E-state index contributed by atoms with van der Waals surface area (Å²) in [5.74, 6) is -1.01. The van der Waals surface area contributed by atoms with Crippen LogP contribution in [0.4, 0.5) is 0 Å². The summed E-state index contributed by atoms with van der Waals surface area (Å²) in [6.45, 7) is 0.135. The van der Waals surface area contributed by atoms with Crippen molar-refractivity contribution in [3.05, 3.63) is 0 Å². The van der Waals surface area contributed by atoms with Crippen molar-refractivity contribution in [3.63, 3.8) is 0 Å². The van der Waals surface area contributed by atoms with Crippen molar-refractivity contribution in [1.29, 1.82) is 0 Å². The van der Waals surface area contributed by atoms with E-state index in [4.69, 9.17) is 5.11 Å². The summed E-state index contributed by atoms with van der Waals surface area (Å²) in [6.07, 6.45) is 1.21. The molecule has 0 aromatic carbocycles. The summed E-state index contributed by atoms with van der Waals surface area (Å²) in [5.41, 5.74) is 0. The Morgan fingerprint density at radius 2 is 2.21 bits per heavy atom. The van der Waals surface area contributed by atoms with Crippen LogP contribution in [-0.2, 0) is 9.59 Å². The fourth-order valence-electron chi connectivity index (χ4n) is 1.53. The Morgan fingerprint density at radius 3 is 2.71 bits per heavy atom. The first-order chi connectivity index (χ1) is 6.56. The number of aliphatic hydroxyl groups excluding tert-OH is 1. The fraction of sp³-hybridized carbons (Fsp3) is 0.750. The van der Waals surface area contributed by atoms with Crippen LogP contribution in [0.3, 0.4) is 0 Å². The number of carbonyl (C=O) groups excluding carboxylic acids is 1. The van der Waals surface area contributed by atoms with Crippen LogP contribution < -0.4 is 0 Å². The molecule has 0 aromatic heterocycles. The standard InChI is InChI=1S/C8H13NO4S/c1-14-4-7(11)9-3-5(10)2-6(9)8(12)13/h5-6,10H,2-4H2,1H3,(H,12,13)/t5-,6-/m0/s1. The molecule has 1 saturated heterocycles. The molecule has 80 valence electrons. The molecule has 5 nitrogen and oxygen atoms in total. The van der Waals surface area contributed by atoms with Gasteiger partial charge in [0.1, 0.15) is 6.04 Å². The van der Waals surface area contributed by atoms with Crippen molar-refractivity contribution in [3.8, 4) is 0 Å². The number of carboxylic acid groups (broad SMARTS) is 1. The Bertz CT molecular complexity index is 245. The summed E-state index contributed by atoms with van der Waals surface area (Å²) < 4.78 is 0. The van der Waals surface area contributed by atoms with E-state index in [2.05, 4.69) is 0 Å². The molecule has 1 heterocycles. The summed E-state index contributed by atoms with van der Waals surface area (Å²) in [6, 6.07) is -0.857. The van der Waals surface area contributed by atoms with E-state index in [0.717, 1.165) is 0 Å². The number of hydrogen-bond acceptors (Lipinski definition) is 4. The van der Waals surface area contributed by atoms with Gasteiger partial charge in [-0.2, -0.15) is 11.8 Å². The molecule has 0 aromatic rings. The minimum absolute atomic E-state index is 0.134. The Kier molecular flexibility index (Phi) is 3.77. The van der Waals surface area contributed by atoms with E-state index >= 15 is 0 Å². The Labute approximate surface area is 86.1 Å². The SMILES string of the molecule is CSCC(=O)N1C[C@@H](O)C[C@H]1C(=O)O. The Balaban J connectivity index is 2.66. The van der Waals surface area contributed by atoms with E-state index < -0.39 is 18.1 Å². The predicted molar refractivity (Wildman–Crippen MR) is 52.1 cm³/mol. The number of likely N-dealkylation sites (tertiary alicyclic amines) is 1. The highest BCUT2D eigenvalue weighted by Crippen LogP contribution is 2.19. The van der Waals surface area contributed by atoms with E-state index in [1.165, 1.54) is 16.7 Å². The zero-order valence-electron chi connectivity index (χ0n) is 7.84. The number of carbonyl (C=O) groups is 2. The van der Waals surface area contributed by atoms with Crippen LogP contribution in [0.25, 0.3) is 0 Å². The quantitative estimate of drug-likeness (QED) is 0.662. The van der Waals surface area contributed by atoms with Gasteiger partial charge >= 0.3 is 5.97 Å². The molecule has 2 atom stereocenters. The second-order valence-corrected chi connectivity index (χ2v) is 4.09. The maximum absolute atomic E-state index is 11.4. The van der Waals surface area contributed by atoms with Crippen LogP contribution in [0.1, 0.15) is 6.42 Å². The van der Waals surface area contributed by atoms with Crippen molar-refractivity contribution in [2.24, 2.45) is 0 Å². The van der Waals surface area contributed by atoms with E-state index in [0.29, 0.717) is 0 Å². The first-order valence-corrected chi connectivity index (χ1v) is 5.65. The lowest BCUT2D eigenvalue weighted by molar-refractivity contribution is -0.147. The number of carboxylic acids is 1. The number of aliphatic carboxylic acids is 1. The topological polar surface area (TPSA) is 77.8 Å². The Morgan fingerprint density at radius 1 is 1.57 bits per heavy atom. The highest BCUT2D eigenvalue weighted by molar-refractivity contribution is 7.99. The van der Waals surface area contributed by atoms with Crippen molar-refractivity contribution < 1.29 is 19.8 Å². The van der Waals surface area contributed by atoms with Crippen molar-refractivity contribution in [1.82, 2.24) is 4.90 Å². The first-order valence-electron chi connectivity index (χ1n) is 4.25. The van der Waals surface area contributed by atoms with Crippen molar-refractivity contribution >= 4 is 23.6 Å². The second-order valence-electron chi connectivity index (χ2n) is 3.22. The zero-order valence-corrected chi connectivity index (χ0v) is 8.66. The van der Waals surface area contributed by atoms with Gasteiger partial charge in [-0.15, -0.1) is 0 Å². The van der Waals surface area contributed by atoms with Gasteiger partial charge in [-0.05, 0) is 6.26 Å². The molecule has 0 bridgehead atoms. The summed E-state index contributed by atoms with van der Waals surface area (Å²) in [7, 11) is 0. The van der Waals surface area contributed by atoms with Gasteiger partial charge < -0.3 is 15.1 Å². The molecule has 0 unspecified atom stereocenters. The molecule has 0 radical (unpaired) electrons. The molecule has 0 saturated carbocycles. The lowest BCUT2D eigenvalue weighted by atomic mass is 10.2. The van der Waals surface area contributed by atoms with Crippen LogP contribution in [0.2, 0.25) is 0 Å². The molecule has 2 N–H and O–H groups in total. The first kappa shape index (κ1) is 11.3. The molecule has 0 aliphatic carbocycles. The minimum atomic E-state index is -1.05. The van der Waals surface area contributed by atoms with E-state index in [-0.39, 0.29) is 24.6 Å². The normalized spacial score (nSPS) is 26.6. The fourth-order valence-corrected chi connectivity index (χ4v) is 1.94. The van der Waals surface area contributed by atoms with Crippen LogP contribution in [0, 0.1) is 0 Å². The van der Waals surface area contributed by atoms with E-state index in [9.17, 15) is 14.7 Å². The number of amides is 1. The monoisotopic (exact) mass is 219 g/mol. The number of rotatable bonds is 3. The molecule has 1 amide bonds. The number of nitrogens with zero attached hydrogens (tertiary/aromatic N) is 1. The van der Waals surface area contributed by atoms with E-state index in [1.807, 2.05) is 0 Å². The van der Waals surface area contributed by atoms with Gasteiger partial charge in [0.15, 0.2) is 0 Å². The van der Waals surface area contributed by atoms with Gasteiger partial charge in [-0.3, -0.25) is 4.79 Å². The largest absolute Gasteiger partial charge is 0.480 e. The third kappa shape index (κ3) is 2.39. The molecular weight excluding hydrogens is 206 g/mol. The highest BCUT2D eigenvalue weighted by atomic mass is 32.2. The van der Waals surface area contributed by atoms with Crippen LogP contribution >= 0.6 is 11.8 Å². The third-order valence-corrected chi connectivity index (χ3v) is 2.69. The number of thioether (sulfide) groups is 1. The predicted octanol–water partition coefficient (Wildman–Crippen LogP) is -0.604. The van der Waals surface area contributed by atoms with Crippen LogP contribution in [0.15, 0.2) is 0 Å². The molecule has 14 heavy (non-hydrogen) atoms. The molecular formula is C8H13NO4S. The summed E-state index contributed by atoms with van der Waals surface area (Å²) in [5, 5.41) is 18.1. The maximum Gasteiger partial charge on any atom is 0.326 e. The third-order valence-electron chi connectivity index (χ3n) is 2.15. The average molecular weight is 219 g/mol. The van der Waals surface area contributed by atoms with Gasteiger partial charge in [0.25, 0.3) is 0 Å². The Hall–Kier alpha value is -0.750. The lowest BCUT2D eigenvalue weighted by Gasteiger charge is -2.20. The molecule has 0 spiro atoms. The van der Waals surface area contributed by atoms with Crippen molar-refractivity contribution in [2.45, 2.75) is 18.6 Å². The molecule has 1 aliphatic rings. The zero-order chi connectivity index (χ0) is 10.7. The maximum atomic E-state index is 11.4.